The predicted octanol–water partition coefficient (Wildman–Crippen LogP) is 1.31. The zero-order chi connectivity index (χ0) is 8.53. The van der Waals surface area contributed by atoms with Crippen molar-refractivity contribution >= 4 is 5.97 Å². The van der Waals surface area contributed by atoms with Crippen molar-refractivity contribution in [2.75, 3.05) is 0 Å². The minimum absolute atomic E-state index is 0.728. The fourth-order valence-corrected chi connectivity index (χ4v) is 0.428. The first kappa shape index (κ1) is 9.59. The van der Waals surface area contributed by atoms with Gasteiger partial charge in [0.05, 0.1) is 0 Å². The van der Waals surface area contributed by atoms with Crippen LogP contribution in [-0.2, 0) is 9.53 Å². The van der Waals surface area contributed by atoms with E-state index in [-0.39, 0.29) is 0 Å². The largest absolute Gasteiger partial charge is 0.398 e. The Morgan fingerprint density at radius 3 is 2.91 bits per heavy atom. The van der Waals surface area contributed by atoms with Gasteiger partial charge in [-0.15, -0.1) is 6.42 Å². The summed E-state index contributed by atoms with van der Waals surface area (Å²) in [6, 6.07) is 0. The zero-order valence-electron chi connectivity index (χ0n) is 6.52. The maximum Gasteiger partial charge on any atom is 0.398 e. The second kappa shape index (κ2) is 6.71. The number of carbonyl (C=O) groups excluding carboxylic acids is 1. The summed E-state index contributed by atoms with van der Waals surface area (Å²) >= 11 is 0. The molecule has 0 aliphatic heterocycles. The van der Waals surface area contributed by atoms with Gasteiger partial charge in [-0.05, 0) is 6.42 Å². The van der Waals surface area contributed by atoms with Crippen molar-refractivity contribution in [1.29, 1.82) is 0 Å². The molecule has 0 radical (unpaired) electrons. The Kier molecular flexibility index (Phi) is 5.85. The fraction of sp³-hybridized carbons (Fsp3) is 0.444. The van der Waals surface area contributed by atoms with Crippen LogP contribution in [0.5, 0.6) is 0 Å². The van der Waals surface area contributed by atoms with E-state index < -0.39 is 5.97 Å². The highest BCUT2D eigenvalue weighted by Gasteiger charge is 1.88. The molecule has 0 atom stereocenters. The molecule has 0 bridgehead atoms. The molecule has 58 valence electrons. The van der Waals surface area contributed by atoms with Crippen molar-refractivity contribution in [3.63, 3.8) is 0 Å². The van der Waals surface area contributed by atoms with E-state index in [1.54, 1.807) is 5.92 Å². The highest BCUT2D eigenvalue weighted by molar-refractivity contribution is 5.88. The van der Waals surface area contributed by atoms with Crippen molar-refractivity contribution in [2.24, 2.45) is 0 Å². The van der Waals surface area contributed by atoms with E-state index in [1.165, 1.54) is 0 Å². The van der Waals surface area contributed by atoms with Crippen LogP contribution < -0.4 is 0 Å². The summed E-state index contributed by atoms with van der Waals surface area (Å²) < 4.78 is 4.30. The standard InChI is InChI=1S/C9H10O2/c1-3-5-6-7-8-11-9(10)4-2/h2H,3,5-6H2,1H3. The van der Waals surface area contributed by atoms with Crippen LogP contribution in [0.2, 0.25) is 0 Å². The van der Waals surface area contributed by atoms with E-state index in [0.29, 0.717) is 0 Å². The normalized spacial score (nSPS) is 7.27. The molecule has 0 spiro atoms. The predicted molar refractivity (Wildman–Crippen MR) is 42.2 cm³/mol. The lowest BCUT2D eigenvalue weighted by Crippen LogP contribution is -1.93. The lowest BCUT2D eigenvalue weighted by atomic mass is 10.3. The molecule has 2 heteroatoms. The van der Waals surface area contributed by atoms with E-state index in [2.05, 4.69) is 23.7 Å². The van der Waals surface area contributed by atoms with Gasteiger partial charge in [0.2, 0.25) is 0 Å². The second-order valence-electron chi connectivity index (χ2n) is 1.92. The maximum atomic E-state index is 10.3. The maximum absolute atomic E-state index is 10.3. The van der Waals surface area contributed by atoms with E-state index in [0.717, 1.165) is 19.3 Å². The fourth-order valence-electron chi connectivity index (χ4n) is 0.428. The van der Waals surface area contributed by atoms with Gasteiger partial charge in [0, 0.05) is 12.3 Å². The molecule has 0 saturated carbocycles. The Morgan fingerprint density at radius 2 is 2.36 bits per heavy atom. The first-order chi connectivity index (χ1) is 5.31. The summed E-state index contributed by atoms with van der Waals surface area (Å²) in [5.74, 6) is 3.73. The summed E-state index contributed by atoms with van der Waals surface area (Å²) in [7, 11) is 0. The Morgan fingerprint density at radius 1 is 1.64 bits per heavy atom. The number of esters is 1. The third kappa shape index (κ3) is 6.48. The van der Waals surface area contributed by atoms with Crippen molar-refractivity contribution in [3.8, 4) is 24.4 Å². The van der Waals surface area contributed by atoms with E-state index in [4.69, 9.17) is 6.42 Å². The number of unbranched alkanes of at least 4 members (excludes halogenated alkanes) is 2. The molecule has 0 aromatic rings. The molecule has 0 heterocycles. The molecule has 0 unspecified atom stereocenters. The topological polar surface area (TPSA) is 26.3 Å². The van der Waals surface area contributed by atoms with Crippen LogP contribution in [0.4, 0.5) is 0 Å². The molecule has 0 fully saturated rings. The number of ether oxygens (including phenoxy) is 1. The Balaban J connectivity index is 3.42. The van der Waals surface area contributed by atoms with Crippen LogP contribution in [0.1, 0.15) is 26.2 Å². The molecule has 0 N–H and O–H groups in total. The Bertz CT molecular complexity index is 212. The molecule has 0 aliphatic rings. The molecule has 0 saturated heterocycles. The van der Waals surface area contributed by atoms with E-state index in [9.17, 15) is 4.79 Å². The quantitative estimate of drug-likeness (QED) is 0.257. The zero-order valence-corrected chi connectivity index (χ0v) is 6.52. The third-order valence-electron chi connectivity index (χ3n) is 0.989. The molecule has 11 heavy (non-hydrogen) atoms. The van der Waals surface area contributed by atoms with Crippen LogP contribution >= 0.6 is 0 Å². The van der Waals surface area contributed by atoms with Crippen LogP contribution in [0.15, 0.2) is 0 Å². The van der Waals surface area contributed by atoms with Crippen LogP contribution in [0, 0.1) is 24.4 Å². The van der Waals surface area contributed by atoms with Gasteiger partial charge in [0.25, 0.3) is 0 Å². The van der Waals surface area contributed by atoms with Gasteiger partial charge in [0.1, 0.15) is 6.11 Å². The summed E-state index contributed by atoms with van der Waals surface area (Å²) in [4.78, 5) is 10.3. The summed E-state index contributed by atoms with van der Waals surface area (Å²) in [6.45, 7) is 2.06. The minimum atomic E-state index is -0.728. The first-order valence-electron chi connectivity index (χ1n) is 3.46. The van der Waals surface area contributed by atoms with Gasteiger partial charge in [0.15, 0.2) is 0 Å². The minimum Gasteiger partial charge on any atom is -0.362 e. The van der Waals surface area contributed by atoms with Crippen molar-refractivity contribution in [2.45, 2.75) is 26.2 Å². The first-order valence-corrected chi connectivity index (χ1v) is 3.46. The van der Waals surface area contributed by atoms with Crippen LogP contribution in [-0.4, -0.2) is 5.97 Å². The van der Waals surface area contributed by atoms with Gasteiger partial charge < -0.3 is 4.74 Å². The highest BCUT2D eigenvalue weighted by atomic mass is 16.5. The average molecular weight is 150 g/mol. The summed E-state index contributed by atoms with van der Waals surface area (Å²) in [5, 5.41) is 0. The smallest absolute Gasteiger partial charge is 0.362 e. The third-order valence-corrected chi connectivity index (χ3v) is 0.989. The number of terminal acetylenes is 1. The van der Waals surface area contributed by atoms with Crippen LogP contribution in [0.3, 0.4) is 0 Å². The molecule has 0 aromatic heterocycles. The molecule has 2 nitrogen and oxygen atoms in total. The molecule has 0 aliphatic carbocycles. The monoisotopic (exact) mass is 150 g/mol. The molecule has 0 amide bonds. The molecular weight excluding hydrogens is 140 g/mol. The van der Waals surface area contributed by atoms with E-state index >= 15 is 0 Å². The molecular formula is C9H10O2. The van der Waals surface area contributed by atoms with Gasteiger partial charge >= 0.3 is 5.97 Å². The second-order valence-corrected chi connectivity index (χ2v) is 1.92. The van der Waals surface area contributed by atoms with Gasteiger partial charge in [-0.3, -0.25) is 0 Å². The average Bonchev–Trinajstić information content (AvgIpc) is 2.04. The summed E-state index contributed by atoms with van der Waals surface area (Å²) in [6.07, 6.45) is 9.79. The van der Waals surface area contributed by atoms with Gasteiger partial charge in [-0.25, -0.2) is 4.79 Å². The molecule has 0 aromatic carbocycles. The van der Waals surface area contributed by atoms with Gasteiger partial charge in [-0.1, -0.05) is 19.3 Å². The SMILES string of the molecule is C#CC(=O)OC#CCCCC. The van der Waals surface area contributed by atoms with E-state index in [1.807, 2.05) is 0 Å². The number of hydrogen-bond donors (Lipinski definition) is 0. The lowest BCUT2D eigenvalue weighted by Gasteiger charge is -1.84. The summed E-state index contributed by atoms with van der Waals surface area (Å²) in [5.41, 5.74) is 0. The van der Waals surface area contributed by atoms with Gasteiger partial charge in [-0.2, -0.15) is 0 Å². The number of carbonyl (C=O) groups is 1. The van der Waals surface area contributed by atoms with Crippen molar-refractivity contribution in [1.82, 2.24) is 0 Å². The Labute approximate surface area is 66.9 Å². The Hall–Kier alpha value is -1.41. The molecule has 0 rings (SSSR count). The van der Waals surface area contributed by atoms with Crippen molar-refractivity contribution < 1.29 is 9.53 Å². The lowest BCUT2D eigenvalue weighted by molar-refractivity contribution is -0.130. The number of hydrogen-bond acceptors (Lipinski definition) is 2. The number of rotatable bonds is 2. The van der Waals surface area contributed by atoms with Crippen LogP contribution in [0.25, 0.3) is 0 Å². The van der Waals surface area contributed by atoms with Crippen molar-refractivity contribution in [3.05, 3.63) is 0 Å². The highest BCUT2D eigenvalue weighted by Crippen LogP contribution is 1.90.